The minimum Gasteiger partial charge on any atom is -0.387 e. The Labute approximate surface area is 101 Å². The first-order chi connectivity index (χ1) is 8.29. The maximum Gasteiger partial charge on any atom is 0.248 e. The molecule has 0 bridgehead atoms. The summed E-state index contributed by atoms with van der Waals surface area (Å²) in [5.74, 6) is 0.493. The Hall–Kier alpha value is -1.42. The molecule has 2 rings (SSSR count). The number of aromatic nitrogens is 1. The predicted molar refractivity (Wildman–Crippen MR) is 64.3 cm³/mol. The van der Waals surface area contributed by atoms with Gasteiger partial charge in [0.05, 0.1) is 0 Å². The van der Waals surface area contributed by atoms with E-state index in [4.69, 9.17) is 5.11 Å². The van der Waals surface area contributed by atoms with Crippen LogP contribution in [0.1, 0.15) is 18.4 Å². The molecule has 1 fully saturated rings. The zero-order chi connectivity index (χ0) is 12.1. The van der Waals surface area contributed by atoms with Crippen LogP contribution in [-0.4, -0.2) is 40.6 Å². The fourth-order valence-electron chi connectivity index (χ4n) is 2.34. The molecule has 17 heavy (non-hydrogen) atoms. The number of likely N-dealkylation sites (tertiary alicyclic amines) is 1. The molecule has 1 aromatic heterocycles. The van der Waals surface area contributed by atoms with E-state index < -0.39 is 0 Å². The molecule has 1 amide bonds. The third-order valence-electron chi connectivity index (χ3n) is 3.38. The molecule has 1 N–H and O–H groups in total. The summed E-state index contributed by atoms with van der Waals surface area (Å²) in [5, 5.41) is 8.79. The number of aliphatic hydroxyl groups is 1. The highest BCUT2D eigenvalue weighted by Gasteiger charge is 2.22. The molecular formula is C13H18N2O2. The topological polar surface area (TPSA) is 53.4 Å². The maximum atomic E-state index is 11.3. The predicted octanol–water partition coefficient (Wildman–Crippen LogP) is 0.855. The van der Waals surface area contributed by atoms with Crippen molar-refractivity contribution in [3.8, 4) is 0 Å². The van der Waals surface area contributed by atoms with Gasteiger partial charge in [0.25, 0.3) is 0 Å². The monoisotopic (exact) mass is 234 g/mol. The zero-order valence-electron chi connectivity index (χ0n) is 9.88. The van der Waals surface area contributed by atoms with Gasteiger partial charge in [-0.15, -0.1) is 0 Å². The van der Waals surface area contributed by atoms with Crippen molar-refractivity contribution in [2.75, 3.05) is 19.7 Å². The molecule has 1 saturated heterocycles. The fourth-order valence-corrected chi connectivity index (χ4v) is 2.34. The molecular weight excluding hydrogens is 216 g/mol. The molecule has 0 spiro atoms. The van der Waals surface area contributed by atoms with Crippen molar-refractivity contribution in [2.24, 2.45) is 5.92 Å². The minimum absolute atomic E-state index is 0.146. The third kappa shape index (κ3) is 3.27. The number of carbonyl (C=O) groups excluding carboxylic acids is 1. The van der Waals surface area contributed by atoms with Gasteiger partial charge in [-0.1, -0.05) is 0 Å². The summed E-state index contributed by atoms with van der Waals surface area (Å²) in [6.07, 6.45) is 6.74. The highest BCUT2D eigenvalue weighted by molar-refractivity contribution is 5.77. The second kappa shape index (κ2) is 5.77. The van der Waals surface area contributed by atoms with Crippen molar-refractivity contribution in [3.63, 3.8) is 0 Å². The smallest absolute Gasteiger partial charge is 0.248 e. The van der Waals surface area contributed by atoms with Gasteiger partial charge in [-0.2, -0.15) is 0 Å². The Morgan fingerprint density at radius 1 is 1.35 bits per heavy atom. The average Bonchev–Trinajstić information content (AvgIpc) is 2.40. The summed E-state index contributed by atoms with van der Waals surface area (Å²) < 4.78 is 0. The Morgan fingerprint density at radius 3 is 2.59 bits per heavy atom. The molecule has 0 radical (unpaired) electrons. The summed E-state index contributed by atoms with van der Waals surface area (Å²) in [4.78, 5) is 17.1. The summed E-state index contributed by atoms with van der Waals surface area (Å²) in [5.41, 5.74) is 1.31. The van der Waals surface area contributed by atoms with Crippen LogP contribution in [0.2, 0.25) is 0 Å². The molecule has 1 aliphatic heterocycles. The lowest BCUT2D eigenvalue weighted by Gasteiger charge is -2.31. The van der Waals surface area contributed by atoms with Crippen LogP contribution in [0.4, 0.5) is 0 Å². The molecule has 4 heteroatoms. The van der Waals surface area contributed by atoms with Gasteiger partial charge < -0.3 is 10.0 Å². The van der Waals surface area contributed by atoms with Crippen LogP contribution in [0.15, 0.2) is 24.5 Å². The van der Waals surface area contributed by atoms with E-state index in [1.807, 2.05) is 24.5 Å². The zero-order valence-corrected chi connectivity index (χ0v) is 9.88. The Balaban J connectivity index is 1.82. The van der Waals surface area contributed by atoms with E-state index in [9.17, 15) is 4.79 Å². The summed E-state index contributed by atoms with van der Waals surface area (Å²) >= 11 is 0. The van der Waals surface area contributed by atoms with Crippen molar-refractivity contribution in [2.45, 2.75) is 19.3 Å². The average molecular weight is 234 g/mol. The number of aliphatic hydroxyl groups excluding tert-OH is 1. The summed E-state index contributed by atoms with van der Waals surface area (Å²) in [6, 6.07) is 4.09. The van der Waals surface area contributed by atoms with E-state index in [-0.39, 0.29) is 12.5 Å². The molecule has 1 aromatic rings. The Morgan fingerprint density at radius 2 is 2.00 bits per heavy atom. The first-order valence-corrected chi connectivity index (χ1v) is 6.07. The molecule has 0 atom stereocenters. The Bertz CT molecular complexity index is 359. The lowest BCUT2D eigenvalue weighted by atomic mass is 9.90. The summed E-state index contributed by atoms with van der Waals surface area (Å²) in [6.45, 7) is 1.18. The third-order valence-corrected chi connectivity index (χ3v) is 3.38. The van der Waals surface area contributed by atoms with Crippen LogP contribution in [0.5, 0.6) is 0 Å². The van der Waals surface area contributed by atoms with Gasteiger partial charge in [-0.3, -0.25) is 9.78 Å². The van der Waals surface area contributed by atoms with Gasteiger partial charge in [-0.25, -0.2) is 0 Å². The molecule has 0 aliphatic carbocycles. The normalized spacial score (nSPS) is 17.1. The van der Waals surface area contributed by atoms with Crippen LogP contribution < -0.4 is 0 Å². The molecule has 92 valence electrons. The van der Waals surface area contributed by atoms with Gasteiger partial charge in [0, 0.05) is 25.5 Å². The van der Waals surface area contributed by atoms with Gasteiger partial charge in [0.2, 0.25) is 5.91 Å². The molecule has 1 aliphatic rings. The lowest BCUT2D eigenvalue weighted by molar-refractivity contribution is -0.135. The number of hydrogen-bond donors (Lipinski definition) is 1. The quantitative estimate of drug-likeness (QED) is 0.843. The van der Waals surface area contributed by atoms with Crippen LogP contribution in [0.3, 0.4) is 0 Å². The van der Waals surface area contributed by atoms with Crippen molar-refractivity contribution in [1.82, 2.24) is 9.88 Å². The maximum absolute atomic E-state index is 11.3. The highest BCUT2D eigenvalue weighted by Crippen LogP contribution is 2.21. The van der Waals surface area contributed by atoms with E-state index in [0.717, 1.165) is 32.4 Å². The van der Waals surface area contributed by atoms with Crippen molar-refractivity contribution in [3.05, 3.63) is 30.1 Å². The van der Waals surface area contributed by atoms with Gasteiger partial charge in [0.1, 0.15) is 6.61 Å². The van der Waals surface area contributed by atoms with E-state index in [1.165, 1.54) is 5.56 Å². The lowest BCUT2D eigenvalue weighted by Crippen LogP contribution is -2.40. The molecule has 0 aromatic carbocycles. The van der Waals surface area contributed by atoms with Crippen LogP contribution >= 0.6 is 0 Å². The SMILES string of the molecule is O=C(CO)N1CCC(Cc2ccncc2)CC1. The second-order valence-electron chi connectivity index (χ2n) is 4.54. The Kier molecular flexibility index (Phi) is 4.09. The number of rotatable bonds is 3. The highest BCUT2D eigenvalue weighted by atomic mass is 16.3. The van der Waals surface area contributed by atoms with Crippen molar-refractivity contribution < 1.29 is 9.90 Å². The van der Waals surface area contributed by atoms with Crippen LogP contribution in [0.25, 0.3) is 0 Å². The number of piperidine rings is 1. The first-order valence-electron chi connectivity index (χ1n) is 6.07. The number of pyridine rings is 1. The van der Waals surface area contributed by atoms with Gasteiger partial charge >= 0.3 is 0 Å². The summed E-state index contributed by atoms with van der Waals surface area (Å²) in [7, 11) is 0. The minimum atomic E-state index is -0.366. The largest absolute Gasteiger partial charge is 0.387 e. The van der Waals surface area contributed by atoms with Crippen LogP contribution in [-0.2, 0) is 11.2 Å². The molecule has 0 unspecified atom stereocenters. The fraction of sp³-hybridized carbons (Fsp3) is 0.538. The standard InChI is InChI=1S/C13H18N2O2/c16-10-13(17)15-7-3-12(4-8-15)9-11-1-5-14-6-2-11/h1-2,5-6,12,16H,3-4,7-10H2. The molecule has 0 saturated carbocycles. The molecule has 4 nitrogen and oxygen atoms in total. The van der Waals surface area contributed by atoms with E-state index in [0.29, 0.717) is 5.92 Å². The first kappa shape index (κ1) is 12.0. The van der Waals surface area contributed by atoms with E-state index in [2.05, 4.69) is 4.98 Å². The van der Waals surface area contributed by atoms with E-state index in [1.54, 1.807) is 4.90 Å². The van der Waals surface area contributed by atoms with Gasteiger partial charge in [-0.05, 0) is 42.9 Å². The number of nitrogens with zero attached hydrogens (tertiary/aromatic N) is 2. The van der Waals surface area contributed by atoms with Crippen molar-refractivity contribution in [1.29, 1.82) is 0 Å². The second-order valence-corrected chi connectivity index (χ2v) is 4.54. The number of carbonyl (C=O) groups is 1. The van der Waals surface area contributed by atoms with Crippen LogP contribution in [0, 0.1) is 5.92 Å². The van der Waals surface area contributed by atoms with E-state index >= 15 is 0 Å². The van der Waals surface area contributed by atoms with Gasteiger partial charge in [0.15, 0.2) is 0 Å². The van der Waals surface area contributed by atoms with Crippen molar-refractivity contribution >= 4 is 5.91 Å². The number of amides is 1. The molecule has 2 heterocycles. The number of hydrogen-bond acceptors (Lipinski definition) is 3.